The summed E-state index contributed by atoms with van der Waals surface area (Å²) in [5.41, 5.74) is 5.77. The second-order valence-corrected chi connectivity index (χ2v) is 7.58. The Labute approximate surface area is 186 Å². The summed E-state index contributed by atoms with van der Waals surface area (Å²) in [4.78, 5) is 26.4. The standard InChI is InChI=1S/C21H19FN2O3.C2H4O.C2H6/c1-10-11-4-3-5-12-13-8-24-17(7-18(25)14(9-27-2)21(24)26)20(13)23-16(19(11)12)6-15(10)22;1-2-3;1-2/h6-7,25H,3-5,8-9H2,1-2H3;2H,1H3;1-2H3. The number of benzene rings is 1. The van der Waals surface area contributed by atoms with E-state index in [2.05, 4.69) is 0 Å². The molecule has 0 radical (unpaired) electrons. The molecule has 0 amide bonds. The van der Waals surface area contributed by atoms with E-state index in [-0.39, 0.29) is 29.3 Å². The van der Waals surface area contributed by atoms with Gasteiger partial charge in [0.2, 0.25) is 0 Å². The minimum atomic E-state index is -0.264. The maximum Gasteiger partial charge on any atom is 0.260 e. The number of fused-ring (bicyclic) bond motifs is 4. The number of methoxy groups -OCH3 is 1. The summed E-state index contributed by atoms with van der Waals surface area (Å²) >= 11 is 0. The SMILES string of the molecule is CC.CC=O.COCc1c(O)cc2n(c1=O)Cc1c-2nc2cc(F)c(C)c3c2c1CCC3. The fraction of sp³-hybridized carbons (Fsp3) is 0.400. The predicted octanol–water partition coefficient (Wildman–Crippen LogP) is 4.44. The van der Waals surface area contributed by atoms with Gasteiger partial charge < -0.3 is 19.2 Å². The smallest absolute Gasteiger partial charge is 0.260 e. The zero-order valence-corrected chi connectivity index (χ0v) is 19.2. The number of aromatic nitrogens is 2. The summed E-state index contributed by atoms with van der Waals surface area (Å²) in [6.07, 6.45) is 3.44. The number of rotatable bonds is 2. The van der Waals surface area contributed by atoms with Crippen LogP contribution in [0, 0.1) is 12.7 Å². The number of hydrogen-bond acceptors (Lipinski definition) is 5. The number of nitrogens with zero attached hydrogens (tertiary/aromatic N) is 2. The van der Waals surface area contributed by atoms with Crippen molar-refractivity contribution in [2.24, 2.45) is 0 Å². The Morgan fingerprint density at radius 3 is 2.53 bits per heavy atom. The normalized spacial score (nSPS) is 12.8. The summed E-state index contributed by atoms with van der Waals surface area (Å²) in [6.45, 7) is 7.74. The molecule has 3 aromatic rings. The number of aromatic hydroxyl groups is 1. The first-order valence-corrected chi connectivity index (χ1v) is 10.9. The maximum absolute atomic E-state index is 14.4. The second kappa shape index (κ2) is 9.61. The van der Waals surface area contributed by atoms with E-state index in [1.54, 1.807) is 10.6 Å². The molecule has 2 aromatic heterocycles. The van der Waals surface area contributed by atoms with Crippen LogP contribution in [0.2, 0.25) is 0 Å². The molecule has 5 rings (SSSR count). The lowest BCUT2D eigenvalue weighted by Gasteiger charge is -2.21. The predicted molar refractivity (Wildman–Crippen MR) is 123 cm³/mol. The van der Waals surface area contributed by atoms with Gasteiger partial charge in [0.05, 0.1) is 35.6 Å². The molecular formula is C25H29FN2O4. The number of aryl methyl sites for hydroxylation is 2. The monoisotopic (exact) mass is 440 g/mol. The molecule has 1 N–H and O–H groups in total. The molecule has 1 aliphatic carbocycles. The summed E-state index contributed by atoms with van der Waals surface area (Å²) in [5, 5.41) is 11.3. The molecule has 170 valence electrons. The average molecular weight is 441 g/mol. The van der Waals surface area contributed by atoms with Gasteiger partial charge in [-0.1, -0.05) is 13.8 Å². The third-order valence-corrected chi connectivity index (χ3v) is 5.89. The zero-order valence-electron chi connectivity index (χ0n) is 19.2. The van der Waals surface area contributed by atoms with Crippen molar-refractivity contribution in [3.8, 4) is 17.1 Å². The van der Waals surface area contributed by atoms with Gasteiger partial charge >= 0.3 is 0 Å². The number of carbonyl (C=O) groups is 1. The van der Waals surface area contributed by atoms with Crippen LogP contribution in [0.5, 0.6) is 5.75 Å². The largest absolute Gasteiger partial charge is 0.507 e. The van der Waals surface area contributed by atoms with Gasteiger partial charge in [-0.15, -0.1) is 0 Å². The highest BCUT2D eigenvalue weighted by molar-refractivity contribution is 5.92. The van der Waals surface area contributed by atoms with Gasteiger partial charge in [0.25, 0.3) is 5.56 Å². The van der Waals surface area contributed by atoms with E-state index in [9.17, 15) is 14.3 Å². The van der Waals surface area contributed by atoms with Gasteiger partial charge in [0.1, 0.15) is 17.9 Å². The van der Waals surface area contributed by atoms with E-state index in [1.807, 2.05) is 20.8 Å². The topological polar surface area (TPSA) is 81.4 Å². The van der Waals surface area contributed by atoms with Crippen molar-refractivity contribution in [2.75, 3.05) is 7.11 Å². The Morgan fingerprint density at radius 1 is 1.22 bits per heavy atom. The summed E-state index contributed by atoms with van der Waals surface area (Å²) < 4.78 is 21.1. The van der Waals surface area contributed by atoms with Gasteiger partial charge in [-0.25, -0.2) is 9.37 Å². The van der Waals surface area contributed by atoms with E-state index in [4.69, 9.17) is 14.5 Å². The zero-order chi connectivity index (χ0) is 23.6. The van der Waals surface area contributed by atoms with Crippen molar-refractivity contribution in [3.05, 3.63) is 56.1 Å². The Balaban J connectivity index is 0.000000536. The molecule has 1 aromatic carbocycles. The Morgan fingerprint density at radius 2 is 1.88 bits per heavy atom. The average Bonchev–Trinajstić information content (AvgIpc) is 3.15. The molecule has 0 atom stereocenters. The van der Waals surface area contributed by atoms with E-state index in [0.29, 0.717) is 29.0 Å². The van der Waals surface area contributed by atoms with Crippen LogP contribution in [0.3, 0.4) is 0 Å². The summed E-state index contributed by atoms with van der Waals surface area (Å²) in [5.74, 6) is -0.334. The first kappa shape index (κ1) is 23.6. The number of pyridine rings is 2. The summed E-state index contributed by atoms with van der Waals surface area (Å²) in [7, 11) is 1.49. The van der Waals surface area contributed by atoms with Crippen molar-refractivity contribution in [1.29, 1.82) is 0 Å². The molecule has 0 saturated heterocycles. The Kier molecular flexibility index (Phi) is 7.09. The second-order valence-electron chi connectivity index (χ2n) is 7.58. The van der Waals surface area contributed by atoms with Gasteiger partial charge in [-0.3, -0.25) is 4.79 Å². The van der Waals surface area contributed by atoms with Gasteiger partial charge in [-0.2, -0.15) is 0 Å². The van der Waals surface area contributed by atoms with E-state index in [0.717, 1.165) is 47.6 Å². The quantitative estimate of drug-likeness (QED) is 0.466. The third-order valence-electron chi connectivity index (χ3n) is 5.89. The molecule has 6 nitrogen and oxygen atoms in total. The minimum Gasteiger partial charge on any atom is -0.507 e. The fourth-order valence-corrected chi connectivity index (χ4v) is 4.57. The van der Waals surface area contributed by atoms with Crippen LogP contribution >= 0.6 is 0 Å². The Hall–Kier alpha value is -3.06. The minimum absolute atomic E-state index is 0.0537. The molecule has 32 heavy (non-hydrogen) atoms. The maximum atomic E-state index is 14.4. The third kappa shape index (κ3) is 3.71. The number of aldehydes is 1. The van der Waals surface area contributed by atoms with Crippen LogP contribution in [0.25, 0.3) is 22.3 Å². The molecule has 0 bridgehead atoms. The van der Waals surface area contributed by atoms with E-state index < -0.39 is 0 Å². The molecule has 7 heteroatoms. The van der Waals surface area contributed by atoms with Gasteiger partial charge in [-0.05, 0) is 49.8 Å². The van der Waals surface area contributed by atoms with Crippen molar-refractivity contribution in [3.63, 3.8) is 0 Å². The molecular weight excluding hydrogens is 411 g/mol. The highest BCUT2D eigenvalue weighted by Crippen LogP contribution is 2.41. The van der Waals surface area contributed by atoms with Gasteiger partial charge in [0.15, 0.2) is 0 Å². The molecule has 2 aliphatic rings. The molecule has 3 heterocycles. The summed E-state index contributed by atoms with van der Waals surface area (Å²) in [6, 6.07) is 3.06. The van der Waals surface area contributed by atoms with Crippen LogP contribution in [-0.2, 0) is 35.5 Å². The van der Waals surface area contributed by atoms with Crippen molar-refractivity contribution in [1.82, 2.24) is 9.55 Å². The highest BCUT2D eigenvalue weighted by atomic mass is 19.1. The molecule has 0 fully saturated rings. The fourth-order valence-electron chi connectivity index (χ4n) is 4.57. The van der Waals surface area contributed by atoms with Crippen molar-refractivity contribution < 1.29 is 19.0 Å². The molecule has 0 spiro atoms. The number of carbonyl (C=O) groups excluding carboxylic acids is 1. The lowest BCUT2D eigenvalue weighted by Crippen LogP contribution is -2.23. The highest BCUT2D eigenvalue weighted by Gasteiger charge is 2.30. The van der Waals surface area contributed by atoms with Crippen molar-refractivity contribution in [2.45, 2.75) is 60.1 Å². The van der Waals surface area contributed by atoms with Gasteiger partial charge in [0, 0.05) is 30.2 Å². The van der Waals surface area contributed by atoms with E-state index >= 15 is 0 Å². The number of hydrogen-bond donors (Lipinski definition) is 1. The van der Waals surface area contributed by atoms with Crippen LogP contribution in [0.1, 0.15) is 55.0 Å². The van der Waals surface area contributed by atoms with Crippen LogP contribution < -0.4 is 5.56 Å². The lowest BCUT2D eigenvalue weighted by atomic mass is 9.85. The van der Waals surface area contributed by atoms with Crippen LogP contribution in [-0.4, -0.2) is 28.1 Å². The molecule has 1 aliphatic heterocycles. The Bertz CT molecular complexity index is 1250. The lowest BCUT2D eigenvalue weighted by molar-refractivity contribution is -0.106. The van der Waals surface area contributed by atoms with E-state index in [1.165, 1.54) is 20.1 Å². The first-order chi connectivity index (χ1) is 15.4. The molecule has 0 unspecified atom stereocenters. The van der Waals surface area contributed by atoms with Crippen LogP contribution in [0.4, 0.5) is 4.39 Å². The number of halogens is 1. The molecule has 0 saturated carbocycles. The van der Waals surface area contributed by atoms with Crippen LogP contribution in [0.15, 0.2) is 16.9 Å². The van der Waals surface area contributed by atoms with Crippen molar-refractivity contribution >= 4 is 17.2 Å². The number of ether oxygens (including phenoxy) is 1. The first-order valence-electron chi connectivity index (χ1n) is 10.9.